The van der Waals surface area contributed by atoms with Crippen molar-refractivity contribution in [1.82, 2.24) is 0 Å². The summed E-state index contributed by atoms with van der Waals surface area (Å²) in [6.07, 6.45) is 4.33. The minimum absolute atomic E-state index is 0.513. The molecule has 1 heterocycles. The molecule has 1 aromatic carbocycles. The lowest BCUT2D eigenvalue weighted by atomic mass is 9.77. The predicted octanol–water partition coefficient (Wildman–Crippen LogP) is 3.98. The standard InChI is InChI=1S/C17H20O2/c1-12(2)13-5-7-14(8-6-13)17(18)10-3-4-16-15(17)9-11-19-16/h5-9,11-12,18H,3-4,10H2,1-2H3. The lowest BCUT2D eigenvalue weighted by molar-refractivity contribution is 0.0589. The van der Waals surface area contributed by atoms with Crippen LogP contribution in [-0.2, 0) is 12.0 Å². The van der Waals surface area contributed by atoms with Crippen molar-refractivity contribution in [3.8, 4) is 0 Å². The fourth-order valence-electron chi connectivity index (χ4n) is 2.99. The van der Waals surface area contributed by atoms with Gasteiger partial charge in [0.15, 0.2) is 0 Å². The molecule has 2 nitrogen and oxygen atoms in total. The van der Waals surface area contributed by atoms with Crippen LogP contribution in [0.2, 0.25) is 0 Å². The highest BCUT2D eigenvalue weighted by Crippen LogP contribution is 2.41. The molecule has 0 radical (unpaired) electrons. The molecule has 1 aromatic heterocycles. The molecule has 1 atom stereocenters. The van der Waals surface area contributed by atoms with E-state index in [1.165, 1.54) is 5.56 Å². The SMILES string of the molecule is CC(C)c1ccc(C2(O)CCCc3occc32)cc1. The monoisotopic (exact) mass is 256 g/mol. The Morgan fingerprint density at radius 3 is 2.58 bits per heavy atom. The van der Waals surface area contributed by atoms with Crippen LogP contribution in [0.1, 0.15) is 55.1 Å². The highest BCUT2D eigenvalue weighted by atomic mass is 16.3. The molecule has 0 aliphatic heterocycles. The van der Waals surface area contributed by atoms with E-state index in [9.17, 15) is 5.11 Å². The second kappa shape index (κ2) is 4.53. The van der Waals surface area contributed by atoms with Gasteiger partial charge in [-0.05, 0) is 36.0 Å². The summed E-state index contributed by atoms with van der Waals surface area (Å²) in [6, 6.07) is 10.2. The van der Waals surface area contributed by atoms with Crippen LogP contribution in [0, 0.1) is 0 Å². The largest absolute Gasteiger partial charge is 0.469 e. The van der Waals surface area contributed by atoms with E-state index in [4.69, 9.17) is 4.42 Å². The Balaban J connectivity index is 2.02. The van der Waals surface area contributed by atoms with Gasteiger partial charge in [-0.3, -0.25) is 0 Å². The lowest BCUT2D eigenvalue weighted by Gasteiger charge is -2.32. The summed E-state index contributed by atoms with van der Waals surface area (Å²) in [7, 11) is 0. The summed E-state index contributed by atoms with van der Waals surface area (Å²) < 4.78 is 5.47. The molecule has 2 aromatic rings. The molecular weight excluding hydrogens is 236 g/mol. The van der Waals surface area contributed by atoms with Crippen molar-refractivity contribution >= 4 is 0 Å². The first-order valence-corrected chi connectivity index (χ1v) is 7.01. The third-order valence-corrected chi connectivity index (χ3v) is 4.19. The molecular formula is C17H20O2. The molecule has 0 bridgehead atoms. The Kier molecular flexibility index (Phi) is 2.98. The maximum atomic E-state index is 11.1. The van der Waals surface area contributed by atoms with Gasteiger partial charge in [0.2, 0.25) is 0 Å². The second-order valence-electron chi connectivity index (χ2n) is 5.75. The Labute approximate surface area is 114 Å². The molecule has 1 unspecified atom stereocenters. The highest BCUT2D eigenvalue weighted by Gasteiger charge is 2.37. The third kappa shape index (κ3) is 2.00. The fraction of sp³-hybridized carbons (Fsp3) is 0.412. The highest BCUT2D eigenvalue weighted by molar-refractivity contribution is 5.40. The molecule has 0 amide bonds. The van der Waals surface area contributed by atoms with Crippen molar-refractivity contribution in [2.75, 3.05) is 0 Å². The molecule has 0 spiro atoms. The Morgan fingerprint density at radius 2 is 1.89 bits per heavy atom. The van der Waals surface area contributed by atoms with Crippen LogP contribution in [0.25, 0.3) is 0 Å². The first-order chi connectivity index (χ1) is 9.11. The van der Waals surface area contributed by atoms with Crippen LogP contribution in [0.15, 0.2) is 41.0 Å². The summed E-state index contributed by atoms with van der Waals surface area (Å²) in [6.45, 7) is 4.36. The van der Waals surface area contributed by atoms with Crippen LogP contribution >= 0.6 is 0 Å². The summed E-state index contributed by atoms with van der Waals surface area (Å²) in [5.41, 5.74) is 2.33. The molecule has 0 fully saturated rings. The van der Waals surface area contributed by atoms with E-state index in [0.29, 0.717) is 5.92 Å². The minimum Gasteiger partial charge on any atom is -0.469 e. The number of aryl methyl sites for hydroxylation is 1. The minimum atomic E-state index is -0.879. The van der Waals surface area contributed by atoms with Crippen molar-refractivity contribution < 1.29 is 9.52 Å². The number of fused-ring (bicyclic) bond motifs is 1. The Bertz CT molecular complexity index is 565. The van der Waals surface area contributed by atoms with E-state index >= 15 is 0 Å². The normalized spacial score (nSPS) is 22.5. The first-order valence-electron chi connectivity index (χ1n) is 7.01. The van der Waals surface area contributed by atoms with E-state index in [2.05, 4.69) is 38.1 Å². The van der Waals surface area contributed by atoms with E-state index in [1.54, 1.807) is 6.26 Å². The number of rotatable bonds is 2. The molecule has 1 aliphatic carbocycles. The summed E-state index contributed by atoms with van der Waals surface area (Å²) in [4.78, 5) is 0. The van der Waals surface area contributed by atoms with Gasteiger partial charge in [-0.2, -0.15) is 0 Å². The topological polar surface area (TPSA) is 33.4 Å². The van der Waals surface area contributed by atoms with Crippen molar-refractivity contribution in [2.24, 2.45) is 0 Å². The van der Waals surface area contributed by atoms with Gasteiger partial charge in [0.1, 0.15) is 11.4 Å². The van der Waals surface area contributed by atoms with Crippen LogP contribution in [0.5, 0.6) is 0 Å². The van der Waals surface area contributed by atoms with E-state index in [-0.39, 0.29) is 0 Å². The number of hydrogen-bond donors (Lipinski definition) is 1. The maximum Gasteiger partial charge on any atom is 0.118 e. The zero-order chi connectivity index (χ0) is 13.5. The maximum absolute atomic E-state index is 11.1. The summed E-state index contributed by atoms with van der Waals surface area (Å²) in [5.74, 6) is 1.45. The van der Waals surface area contributed by atoms with E-state index in [0.717, 1.165) is 36.1 Å². The lowest BCUT2D eigenvalue weighted by Crippen LogP contribution is -2.30. The first kappa shape index (κ1) is 12.5. The quantitative estimate of drug-likeness (QED) is 0.881. The van der Waals surface area contributed by atoms with Gasteiger partial charge in [0.05, 0.1) is 6.26 Å². The van der Waals surface area contributed by atoms with Gasteiger partial charge in [-0.1, -0.05) is 38.1 Å². The van der Waals surface area contributed by atoms with Crippen molar-refractivity contribution in [3.63, 3.8) is 0 Å². The predicted molar refractivity (Wildman–Crippen MR) is 75.2 cm³/mol. The number of benzene rings is 1. The Hall–Kier alpha value is -1.54. The van der Waals surface area contributed by atoms with Gasteiger partial charge >= 0.3 is 0 Å². The summed E-state index contributed by atoms with van der Waals surface area (Å²) >= 11 is 0. The van der Waals surface area contributed by atoms with E-state index in [1.807, 2.05) is 6.07 Å². The molecule has 100 valence electrons. The van der Waals surface area contributed by atoms with Crippen LogP contribution in [-0.4, -0.2) is 5.11 Å². The molecule has 2 heteroatoms. The zero-order valence-electron chi connectivity index (χ0n) is 11.5. The van der Waals surface area contributed by atoms with Gasteiger partial charge in [0.25, 0.3) is 0 Å². The molecule has 1 aliphatic rings. The Morgan fingerprint density at radius 1 is 1.16 bits per heavy atom. The van der Waals surface area contributed by atoms with Gasteiger partial charge in [0, 0.05) is 12.0 Å². The van der Waals surface area contributed by atoms with Crippen molar-refractivity contribution in [3.05, 3.63) is 59.0 Å². The van der Waals surface area contributed by atoms with Gasteiger partial charge in [-0.15, -0.1) is 0 Å². The van der Waals surface area contributed by atoms with Crippen molar-refractivity contribution in [1.29, 1.82) is 0 Å². The molecule has 0 saturated carbocycles. The molecule has 0 saturated heterocycles. The third-order valence-electron chi connectivity index (χ3n) is 4.19. The van der Waals surface area contributed by atoms with Crippen LogP contribution < -0.4 is 0 Å². The fourth-order valence-corrected chi connectivity index (χ4v) is 2.99. The number of furan rings is 1. The number of hydrogen-bond acceptors (Lipinski definition) is 2. The van der Waals surface area contributed by atoms with E-state index < -0.39 is 5.60 Å². The average molecular weight is 256 g/mol. The van der Waals surface area contributed by atoms with Crippen LogP contribution in [0.3, 0.4) is 0 Å². The number of aliphatic hydroxyl groups is 1. The second-order valence-corrected chi connectivity index (χ2v) is 5.75. The van der Waals surface area contributed by atoms with Crippen molar-refractivity contribution in [2.45, 2.75) is 44.6 Å². The zero-order valence-corrected chi connectivity index (χ0v) is 11.5. The average Bonchev–Trinajstić information content (AvgIpc) is 2.89. The smallest absolute Gasteiger partial charge is 0.118 e. The summed E-state index contributed by atoms with van der Waals surface area (Å²) in [5, 5.41) is 11.1. The van der Waals surface area contributed by atoms with Gasteiger partial charge in [-0.25, -0.2) is 0 Å². The molecule has 3 rings (SSSR count). The molecule has 1 N–H and O–H groups in total. The molecule has 19 heavy (non-hydrogen) atoms. The van der Waals surface area contributed by atoms with Crippen LogP contribution in [0.4, 0.5) is 0 Å². The van der Waals surface area contributed by atoms with Gasteiger partial charge < -0.3 is 9.52 Å².